The molecule has 0 aliphatic carbocycles. The second-order valence-corrected chi connectivity index (χ2v) is 0.887. The highest BCUT2D eigenvalue weighted by Crippen LogP contribution is 1.68. The molecule has 0 aromatic rings. The molecule has 0 saturated heterocycles. The fraction of sp³-hybridized carbons (Fsp3) is 0.333. The minimum atomic E-state index is 0.545. The molecule has 0 fully saturated rings. The molecule has 0 aromatic heterocycles. The van der Waals surface area contributed by atoms with Gasteiger partial charge < -0.3 is 0 Å². The van der Waals surface area contributed by atoms with Gasteiger partial charge in [0.25, 0.3) is 0 Å². The Labute approximate surface area is 35.8 Å². The molecule has 1 rings (SSSR count). The Morgan fingerprint density at radius 1 is 1.33 bits per heavy atom. The molecule has 0 bridgehead atoms. The van der Waals surface area contributed by atoms with Crippen molar-refractivity contribution in [3.05, 3.63) is 0 Å². The third-order valence-corrected chi connectivity index (χ3v) is 0.460. The summed E-state index contributed by atoms with van der Waals surface area (Å²) >= 11 is 0. The Morgan fingerprint density at radius 3 is 2.50 bits per heavy atom. The standard InChI is InChI=1S/C3H4N3/c1-4-2-6-3-5-1/h1-2H,3H2. The zero-order valence-electron chi connectivity index (χ0n) is 3.20. The van der Waals surface area contributed by atoms with Gasteiger partial charge in [0.1, 0.15) is 19.3 Å². The molecule has 1 aliphatic rings. The van der Waals surface area contributed by atoms with Gasteiger partial charge in [-0.3, -0.25) is 10.3 Å². The average molecular weight is 82.1 g/mol. The van der Waals surface area contributed by atoms with Crippen molar-refractivity contribution in [1.82, 2.24) is 5.32 Å². The number of nitrogens with zero attached hydrogens (tertiary/aromatic N) is 3. The SMILES string of the molecule is C1=NC=NC[N]1. The zero-order chi connectivity index (χ0) is 4.24. The Hall–Kier alpha value is -0.860. The highest BCUT2D eigenvalue weighted by molar-refractivity contribution is 5.72. The van der Waals surface area contributed by atoms with Crippen molar-refractivity contribution in [2.24, 2.45) is 9.98 Å². The molecular formula is C3H4N3. The quantitative estimate of drug-likeness (QED) is 0.382. The van der Waals surface area contributed by atoms with E-state index in [9.17, 15) is 0 Å². The van der Waals surface area contributed by atoms with Crippen LogP contribution < -0.4 is 5.32 Å². The first-order chi connectivity index (χ1) is 3.00. The van der Waals surface area contributed by atoms with Crippen LogP contribution in [0.1, 0.15) is 0 Å². The van der Waals surface area contributed by atoms with E-state index in [4.69, 9.17) is 0 Å². The number of rotatable bonds is 0. The summed E-state index contributed by atoms with van der Waals surface area (Å²) in [4.78, 5) is 7.28. The summed E-state index contributed by atoms with van der Waals surface area (Å²) in [5.74, 6) is 0. The second-order valence-electron chi connectivity index (χ2n) is 0.887. The van der Waals surface area contributed by atoms with Gasteiger partial charge in [0.2, 0.25) is 0 Å². The van der Waals surface area contributed by atoms with Crippen LogP contribution in [0.4, 0.5) is 0 Å². The van der Waals surface area contributed by atoms with Crippen LogP contribution >= 0.6 is 0 Å². The van der Waals surface area contributed by atoms with Crippen LogP contribution in [0, 0.1) is 0 Å². The predicted octanol–water partition coefficient (Wildman–Crippen LogP) is -0.381. The van der Waals surface area contributed by atoms with Crippen molar-refractivity contribution >= 4 is 12.7 Å². The van der Waals surface area contributed by atoms with E-state index in [0.29, 0.717) is 6.67 Å². The van der Waals surface area contributed by atoms with Crippen LogP contribution in [0.2, 0.25) is 0 Å². The van der Waals surface area contributed by atoms with Gasteiger partial charge in [-0.15, -0.1) is 0 Å². The maximum absolute atomic E-state index is 3.69. The Bertz CT molecular complexity index is 72.0. The van der Waals surface area contributed by atoms with Gasteiger partial charge in [0.05, 0.1) is 0 Å². The molecule has 1 radical (unpaired) electrons. The van der Waals surface area contributed by atoms with Crippen molar-refractivity contribution < 1.29 is 0 Å². The lowest BCUT2D eigenvalue weighted by molar-refractivity contribution is 0.919. The molecule has 3 nitrogen and oxygen atoms in total. The molecule has 0 saturated carbocycles. The molecule has 6 heavy (non-hydrogen) atoms. The van der Waals surface area contributed by atoms with Gasteiger partial charge in [0, 0.05) is 0 Å². The monoisotopic (exact) mass is 82.0 g/mol. The van der Waals surface area contributed by atoms with Gasteiger partial charge in [-0.2, -0.15) is 0 Å². The van der Waals surface area contributed by atoms with E-state index in [-0.39, 0.29) is 0 Å². The Morgan fingerprint density at radius 2 is 2.33 bits per heavy atom. The molecule has 0 atom stereocenters. The zero-order valence-corrected chi connectivity index (χ0v) is 3.20. The Kier molecular flexibility index (Phi) is 0.859. The molecule has 0 amide bonds. The van der Waals surface area contributed by atoms with Crippen LogP contribution in [-0.2, 0) is 0 Å². The van der Waals surface area contributed by atoms with E-state index in [1.54, 1.807) is 0 Å². The smallest absolute Gasteiger partial charge is 0.132 e. The third kappa shape index (κ3) is 0.544. The molecule has 0 aromatic carbocycles. The predicted molar refractivity (Wildman–Crippen MR) is 24.0 cm³/mol. The summed E-state index contributed by atoms with van der Waals surface area (Å²) in [7, 11) is 0. The third-order valence-electron chi connectivity index (χ3n) is 0.460. The molecular weight excluding hydrogens is 78.1 g/mol. The minimum absolute atomic E-state index is 0.545. The molecule has 0 N–H and O–H groups in total. The van der Waals surface area contributed by atoms with E-state index < -0.39 is 0 Å². The van der Waals surface area contributed by atoms with Crippen molar-refractivity contribution in [3.8, 4) is 0 Å². The first kappa shape index (κ1) is 3.33. The van der Waals surface area contributed by atoms with E-state index >= 15 is 0 Å². The van der Waals surface area contributed by atoms with Gasteiger partial charge in [-0.25, -0.2) is 4.99 Å². The maximum atomic E-state index is 3.69. The van der Waals surface area contributed by atoms with Crippen LogP contribution in [0.5, 0.6) is 0 Å². The van der Waals surface area contributed by atoms with Crippen molar-refractivity contribution in [2.45, 2.75) is 0 Å². The number of hydrogen-bond acceptors (Lipinski definition) is 2. The first-order valence-corrected chi connectivity index (χ1v) is 1.67. The highest BCUT2D eigenvalue weighted by atomic mass is 15.1. The van der Waals surface area contributed by atoms with Crippen LogP contribution in [0.3, 0.4) is 0 Å². The van der Waals surface area contributed by atoms with Crippen LogP contribution in [0.25, 0.3) is 0 Å². The number of aliphatic imine (C=N–C) groups is 2. The first-order valence-electron chi connectivity index (χ1n) is 1.67. The van der Waals surface area contributed by atoms with Gasteiger partial charge >= 0.3 is 0 Å². The summed E-state index contributed by atoms with van der Waals surface area (Å²) in [5, 5.41) is 3.69. The normalized spacial score (nSPS) is 17.3. The topological polar surface area (TPSA) is 38.8 Å². The maximum Gasteiger partial charge on any atom is 0.132 e. The lowest BCUT2D eigenvalue weighted by Gasteiger charge is -1.89. The summed E-state index contributed by atoms with van der Waals surface area (Å²) in [6.07, 6.45) is 2.99. The largest absolute Gasteiger partial charge is 0.250 e. The molecule has 0 unspecified atom stereocenters. The van der Waals surface area contributed by atoms with Crippen LogP contribution in [0.15, 0.2) is 9.98 Å². The lowest BCUT2D eigenvalue weighted by Crippen LogP contribution is -2.04. The summed E-state index contributed by atoms with van der Waals surface area (Å²) in [5.41, 5.74) is 0. The Balaban J connectivity index is 2.46. The molecule has 1 heterocycles. The molecule has 3 heteroatoms. The summed E-state index contributed by atoms with van der Waals surface area (Å²) in [6.45, 7) is 0.545. The second kappa shape index (κ2) is 1.55. The average Bonchev–Trinajstić information content (AvgIpc) is 1.72. The van der Waals surface area contributed by atoms with E-state index in [0.717, 1.165) is 0 Å². The van der Waals surface area contributed by atoms with Gasteiger partial charge in [-0.1, -0.05) is 0 Å². The van der Waals surface area contributed by atoms with Crippen LogP contribution in [-0.4, -0.2) is 19.3 Å². The fourth-order valence-corrected chi connectivity index (χ4v) is 0.244. The van der Waals surface area contributed by atoms with Crippen molar-refractivity contribution in [3.63, 3.8) is 0 Å². The number of hydrogen-bond donors (Lipinski definition) is 0. The molecule has 31 valence electrons. The fourth-order valence-electron chi connectivity index (χ4n) is 0.244. The molecule has 1 aliphatic heterocycles. The van der Waals surface area contributed by atoms with Gasteiger partial charge in [0.15, 0.2) is 0 Å². The lowest BCUT2D eigenvalue weighted by atomic mass is 10.9. The minimum Gasteiger partial charge on any atom is -0.250 e. The van der Waals surface area contributed by atoms with E-state index in [1.807, 2.05) is 0 Å². The summed E-state index contributed by atoms with van der Waals surface area (Å²) in [6, 6.07) is 0. The summed E-state index contributed by atoms with van der Waals surface area (Å²) < 4.78 is 0. The van der Waals surface area contributed by atoms with E-state index in [1.165, 1.54) is 12.7 Å². The van der Waals surface area contributed by atoms with Gasteiger partial charge in [-0.05, 0) is 0 Å². The van der Waals surface area contributed by atoms with Crippen molar-refractivity contribution in [2.75, 3.05) is 6.67 Å². The van der Waals surface area contributed by atoms with Crippen molar-refractivity contribution in [1.29, 1.82) is 0 Å². The highest BCUT2D eigenvalue weighted by Gasteiger charge is 1.77. The van der Waals surface area contributed by atoms with E-state index in [2.05, 4.69) is 15.3 Å². The molecule has 0 spiro atoms.